The Kier molecular flexibility index (Phi) is 5.43. The molecule has 3 rings (SSSR count). The van der Waals surface area contributed by atoms with E-state index < -0.39 is 35.6 Å². The van der Waals surface area contributed by atoms with Gasteiger partial charge in [0.15, 0.2) is 0 Å². The van der Waals surface area contributed by atoms with Crippen LogP contribution in [-0.2, 0) is 6.18 Å². The van der Waals surface area contributed by atoms with Crippen molar-refractivity contribution in [2.75, 3.05) is 0 Å². The highest BCUT2D eigenvalue weighted by Gasteiger charge is 2.34. The summed E-state index contributed by atoms with van der Waals surface area (Å²) in [6.07, 6.45) is -2.65. The van der Waals surface area contributed by atoms with Crippen molar-refractivity contribution < 1.29 is 32.0 Å². The molecule has 5 nitrogen and oxygen atoms in total. The van der Waals surface area contributed by atoms with E-state index in [1.165, 1.54) is 0 Å². The summed E-state index contributed by atoms with van der Waals surface area (Å²) in [5.41, 5.74) is -1.64. The molecule has 1 aromatic heterocycles. The van der Waals surface area contributed by atoms with Crippen LogP contribution in [0.25, 0.3) is 11.3 Å². The van der Waals surface area contributed by atoms with Crippen LogP contribution in [0.5, 0.6) is 0 Å². The molecule has 2 unspecified atom stereocenters. The third kappa shape index (κ3) is 4.08. The van der Waals surface area contributed by atoms with Crippen molar-refractivity contribution in [3.05, 3.63) is 40.4 Å². The lowest BCUT2D eigenvalue weighted by atomic mass is 9.92. The number of hydrogen-bond donors (Lipinski definition) is 2. The molecule has 10 heteroatoms. The van der Waals surface area contributed by atoms with E-state index >= 15 is 0 Å². The van der Waals surface area contributed by atoms with Crippen LogP contribution in [-0.4, -0.2) is 28.3 Å². The number of halogens is 5. The molecule has 1 saturated carbocycles. The molecule has 27 heavy (non-hydrogen) atoms. The monoisotopic (exact) mass is 406 g/mol. The quantitative estimate of drug-likeness (QED) is 0.750. The van der Waals surface area contributed by atoms with Gasteiger partial charge in [-0.15, -0.1) is 0 Å². The van der Waals surface area contributed by atoms with E-state index in [4.69, 9.17) is 16.1 Å². The Balaban J connectivity index is 1.83. The maximum atomic E-state index is 13.8. The Hall–Kier alpha value is -2.13. The molecular formula is C17H15ClF4N2O3. The summed E-state index contributed by atoms with van der Waals surface area (Å²) < 4.78 is 56.6. The van der Waals surface area contributed by atoms with Crippen molar-refractivity contribution in [2.24, 2.45) is 0 Å². The first-order chi connectivity index (χ1) is 12.7. The lowest BCUT2D eigenvalue weighted by Crippen LogP contribution is -2.45. The first kappa shape index (κ1) is 19.6. The summed E-state index contributed by atoms with van der Waals surface area (Å²) in [4.78, 5) is 12.3. The van der Waals surface area contributed by atoms with Gasteiger partial charge in [-0.2, -0.15) is 13.2 Å². The molecule has 0 bridgehead atoms. The normalized spacial score (nSPS) is 20.5. The van der Waals surface area contributed by atoms with E-state index in [2.05, 4.69) is 10.5 Å². The molecule has 1 aliphatic carbocycles. The first-order valence-electron chi connectivity index (χ1n) is 8.19. The van der Waals surface area contributed by atoms with Gasteiger partial charge < -0.3 is 14.9 Å². The lowest BCUT2D eigenvalue weighted by Gasteiger charge is -2.27. The van der Waals surface area contributed by atoms with Gasteiger partial charge in [0.2, 0.25) is 5.76 Å². The molecule has 1 fully saturated rings. The standard InChI is InChI=1S/C17H15ClF4N2O3/c18-13-14(8-5-6-9(10(19)7-8)17(20,21)22)24-27-15(13)16(26)23-11-3-1-2-4-12(11)25/h5-7,11-12,25H,1-4H2,(H,23,26). The largest absolute Gasteiger partial charge is 0.419 e. The maximum Gasteiger partial charge on any atom is 0.419 e. The predicted octanol–water partition coefficient (Wildman–Crippen LogP) is 4.19. The van der Waals surface area contributed by atoms with E-state index in [1.54, 1.807) is 0 Å². The van der Waals surface area contributed by atoms with Crippen LogP contribution in [0, 0.1) is 5.82 Å². The van der Waals surface area contributed by atoms with Gasteiger partial charge in [-0.05, 0) is 25.0 Å². The van der Waals surface area contributed by atoms with Crippen LogP contribution >= 0.6 is 11.6 Å². The summed E-state index contributed by atoms with van der Waals surface area (Å²) in [5, 5.41) is 15.8. The highest BCUT2D eigenvalue weighted by molar-refractivity contribution is 6.35. The maximum absolute atomic E-state index is 13.8. The fraction of sp³-hybridized carbons (Fsp3) is 0.412. The summed E-state index contributed by atoms with van der Waals surface area (Å²) in [6.45, 7) is 0. The molecule has 1 aliphatic rings. The SMILES string of the molecule is O=C(NC1CCCCC1O)c1onc(-c2ccc(C(F)(F)F)c(F)c2)c1Cl. The molecular weight excluding hydrogens is 392 g/mol. The van der Waals surface area contributed by atoms with Gasteiger partial charge in [-0.3, -0.25) is 4.79 Å². The third-order valence-electron chi connectivity index (χ3n) is 4.44. The van der Waals surface area contributed by atoms with Crippen LogP contribution < -0.4 is 5.32 Å². The Morgan fingerprint density at radius 3 is 2.63 bits per heavy atom. The molecule has 0 radical (unpaired) electrons. The van der Waals surface area contributed by atoms with Crippen molar-refractivity contribution in [2.45, 2.75) is 44.0 Å². The molecule has 2 N–H and O–H groups in total. The number of hydrogen-bond acceptors (Lipinski definition) is 4. The number of amides is 1. The number of nitrogens with one attached hydrogen (secondary N) is 1. The molecule has 0 spiro atoms. The topological polar surface area (TPSA) is 75.4 Å². The molecule has 0 saturated heterocycles. The summed E-state index contributed by atoms with van der Waals surface area (Å²) in [6, 6.07) is 1.72. The zero-order chi connectivity index (χ0) is 19.8. The summed E-state index contributed by atoms with van der Waals surface area (Å²) in [7, 11) is 0. The van der Waals surface area contributed by atoms with Gasteiger partial charge in [-0.1, -0.05) is 35.7 Å². The molecule has 1 heterocycles. The van der Waals surface area contributed by atoms with Gasteiger partial charge in [0.25, 0.3) is 5.91 Å². The van der Waals surface area contributed by atoms with Gasteiger partial charge in [-0.25, -0.2) is 4.39 Å². The number of rotatable bonds is 3. The van der Waals surface area contributed by atoms with Gasteiger partial charge in [0.1, 0.15) is 16.5 Å². The van der Waals surface area contributed by atoms with Crippen molar-refractivity contribution in [1.29, 1.82) is 0 Å². The molecule has 0 aliphatic heterocycles. The second kappa shape index (κ2) is 7.47. The molecule has 146 valence electrons. The van der Waals surface area contributed by atoms with E-state index in [9.17, 15) is 27.5 Å². The summed E-state index contributed by atoms with van der Waals surface area (Å²) in [5.74, 6) is -2.56. The minimum absolute atomic E-state index is 0.0639. The third-order valence-corrected chi connectivity index (χ3v) is 4.79. The zero-order valence-corrected chi connectivity index (χ0v) is 14.6. The number of benzene rings is 1. The molecule has 2 aromatic rings. The number of nitrogens with zero attached hydrogens (tertiary/aromatic N) is 1. The number of aliphatic hydroxyl groups excluding tert-OH is 1. The summed E-state index contributed by atoms with van der Waals surface area (Å²) >= 11 is 6.07. The minimum atomic E-state index is -4.83. The fourth-order valence-corrected chi connectivity index (χ4v) is 3.27. The molecule has 1 aromatic carbocycles. The van der Waals surface area contributed by atoms with Gasteiger partial charge >= 0.3 is 6.18 Å². The molecule has 2 atom stereocenters. The van der Waals surface area contributed by atoms with Crippen LogP contribution in [0.2, 0.25) is 5.02 Å². The van der Waals surface area contributed by atoms with Crippen LogP contribution in [0.15, 0.2) is 22.7 Å². The Bertz CT molecular complexity index is 853. The smallest absolute Gasteiger partial charge is 0.391 e. The zero-order valence-electron chi connectivity index (χ0n) is 13.8. The first-order valence-corrected chi connectivity index (χ1v) is 8.57. The number of carbonyl (C=O) groups excluding carboxylic acids is 1. The Morgan fingerprint density at radius 1 is 1.30 bits per heavy atom. The lowest BCUT2D eigenvalue weighted by molar-refractivity contribution is -0.139. The van der Waals surface area contributed by atoms with Crippen LogP contribution in [0.1, 0.15) is 41.8 Å². The van der Waals surface area contributed by atoms with Crippen molar-refractivity contribution in [3.63, 3.8) is 0 Å². The average Bonchev–Trinajstić information content (AvgIpc) is 2.97. The number of aliphatic hydroxyl groups is 1. The number of carbonyl (C=O) groups is 1. The van der Waals surface area contributed by atoms with E-state index in [1.807, 2.05) is 0 Å². The van der Waals surface area contributed by atoms with Crippen LogP contribution in [0.3, 0.4) is 0 Å². The Morgan fingerprint density at radius 2 is 2.00 bits per heavy atom. The van der Waals surface area contributed by atoms with Crippen molar-refractivity contribution in [1.82, 2.24) is 10.5 Å². The second-order valence-electron chi connectivity index (χ2n) is 6.30. The van der Waals surface area contributed by atoms with Crippen molar-refractivity contribution in [3.8, 4) is 11.3 Å². The highest BCUT2D eigenvalue weighted by atomic mass is 35.5. The average molecular weight is 407 g/mol. The Labute approximate surface area is 156 Å². The van der Waals surface area contributed by atoms with E-state index in [-0.39, 0.29) is 22.0 Å². The number of aromatic nitrogens is 1. The van der Waals surface area contributed by atoms with E-state index in [0.717, 1.165) is 18.9 Å². The van der Waals surface area contributed by atoms with Gasteiger partial charge in [0, 0.05) is 5.56 Å². The number of alkyl halides is 3. The van der Waals surface area contributed by atoms with Crippen LogP contribution in [0.4, 0.5) is 17.6 Å². The molecule has 1 amide bonds. The highest BCUT2D eigenvalue weighted by Crippen LogP contribution is 2.35. The predicted molar refractivity (Wildman–Crippen MR) is 87.6 cm³/mol. The second-order valence-corrected chi connectivity index (χ2v) is 6.68. The van der Waals surface area contributed by atoms with Gasteiger partial charge in [0.05, 0.1) is 17.7 Å². The van der Waals surface area contributed by atoms with Crippen molar-refractivity contribution >= 4 is 17.5 Å². The minimum Gasteiger partial charge on any atom is -0.391 e. The fourth-order valence-electron chi connectivity index (χ4n) is 3.01. The van der Waals surface area contributed by atoms with E-state index in [0.29, 0.717) is 25.0 Å².